The lowest BCUT2D eigenvalue weighted by Crippen LogP contribution is -2.41. The van der Waals surface area contributed by atoms with Crippen molar-refractivity contribution in [2.75, 3.05) is 53.6 Å². The Kier molecular flexibility index (Phi) is 9.72. The van der Waals surface area contributed by atoms with Crippen LogP contribution in [0.1, 0.15) is 5.56 Å². The van der Waals surface area contributed by atoms with Gasteiger partial charge in [-0.15, -0.1) is 12.4 Å². The predicted molar refractivity (Wildman–Crippen MR) is 139 cm³/mol. The van der Waals surface area contributed by atoms with Gasteiger partial charge in [0.1, 0.15) is 5.69 Å². The van der Waals surface area contributed by atoms with Crippen molar-refractivity contribution in [3.8, 4) is 28.4 Å². The fourth-order valence-electron chi connectivity index (χ4n) is 3.82. The lowest BCUT2D eigenvalue weighted by molar-refractivity contribution is -0.116. The molecule has 1 amide bonds. The fourth-order valence-corrected chi connectivity index (χ4v) is 3.82. The Labute approximate surface area is 211 Å². The molecule has 1 fully saturated rings. The molecular weight excluding hydrogens is 468 g/mol. The summed E-state index contributed by atoms with van der Waals surface area (Å²) in [5, 5.41) is 7.76. The van der Waals surface area contributed by atoms with Crippen molar-refractivity contribution < 1.29 is 19.0 Å². The molecular formula is C26H31ClN4O4. The largest absolute Gasteiger partial charge is 0.493 e. The van der Waals surface area contributed by atoms with E-state index < -0.39 is 0 Å². The Hall–Kier alpha value is -3.33. The van der Waals surface area contributed by atoms with Crippen molar-refractivity contribution in [2.45, 2.75) is 0 Å². The number of nitrogens with one attached hydrogen (secondary N) is 1. The zero-order valence-corrected chi connectivity index (χ0v) is 20.8. The molecule has 0 saturated carbocycles. The third kappa shape index (κ3) is 6.85. The van der Waals surface area contributed by atoms with Gasteiger partial charge in [-0.05, 0) is 36.4 Å². The highest BCUT2D eigenvalue weighted by molar-refractivity contribution is 5.92. The van der Waals surface area contributed by atoms with Gasteiger partial charge in [-0.1, -0.05) is 18.2 Å². The highest BCUT2D eigenvalue weighted by Crippen LogP contribution is 2.33. The van der Waals surface area contributed by atoms with E-state index >= 15 is 0 Å². The maximum absolute atomic E-state index is 12.5. The predicted octanol–water partition coefficient (Wildman–Crippen LogP) is 3.44. The number of rotatable bonds is 9. The summed E-state index contributed by atoms with van der Waals surface area (Å²) in [6.45, 7) is 4.70. The van der Waals surface area contributed by atoms with Crippen LogP contribution in [0.5, 0.6) is 11.5 Å². The SMILES string of the molecule is COc1ccc(-c2nn(-c3ccccc3)cc2/C=C/C(=O)NCCN2CCOCC2)cc1OC.Cl. The van der Waals surface area contributed by atoms with E-state index in [-0.39, 0.29) is 18.3 Å². The minimum Gasteiger partial charge on any atom is -0.493 e. The van der Waals surface area contributed by atoms with E-state index in [1.165, 1.54) is 0 Å². The van der Waals surface area contributed by atoms with Gasteiger partial charge >= 0.3 is 0 Å². The van der Waals surface area contributed by atoms with E-state index in [2.05, 4.69) is 10.2 Å². The molecule has 2 aromatic carbocycles. The Balaban J connectivity index is 0.00000342. The highest BCUT2D eigenvalue weighted by Gasteiger charge is 2.14. The van der Waals surface area contributed by atoms with Crippen LogP contribution in [0.15, 0.2) is 60.8 Å². The number of amides is 1. The van der Waals surface area contributed by atoms with E-state index in [1.54, 1.807) is 26.4 Å². The number of hydrogen-bond acceptors (Lipinski definition) is 6. The van der Waals surface area contributed by atoms with Crippen LogP contribution in [0.2, 0.25) is 0 Å². The van der Waals surface area contributed by atoms with Gasteiger partial charge in [0.2, 0.25) is 5.91 Å². The lowest BCUT2D eigenvalue weighted by Gasteiger charge is -2.26. The van der Waals surface area contributed by atoms with Gasteiger partial charge in [-0.2, -0.15) is 5.10 Å². The molecule has 0 unspecified atom stereocenters. The lowest BCUT2D eigenvalue weighted by atomic mass is 10.1. The zero-order valence-electron chi connectivity index (χ0n) is 20.0. The average molecular weight is 499 g/mol. The van der Waals surface area contributed by atoms with Gasteiger partial charge in [-0.3, -0.25) is 9.69 Å². The molecule has 0 radical (unpaired) electrons. The van der Waals surface area contributed by atoms with Crippen LogP contribution < -0.4 is 14.8 Å². The standard InChI is InChI=1S/C26H30N4O4.ClH/c1-32-23-10-8-20(18-24(23)33-2)26-21(19-30(28-26)22-6-4-3-5-7-22)9-11-25(31)27-12-13-29-14-16-34-17-15-29;/h3-11,18-19H,12-17H2,1-2H3,(H,27,31);1H/b11-9+;. The van der Waals surface area contributed by atoms with Crippen LogP contribution in [0.3, 0.4) is 0 Å². The molecule has 0 spiro atoms. The molecule has 0 aliphatic carbocycles. The molecule has 0 bridgehead atoms. The van der Waals surface area contributed by atoms with Crippen LogP contribution in [-0.4, -0.2) is 74.2 Å². The molecule has 2 heterocycles. The topological polar surface area (TPSA) is 77.9 Å². The van der Waals surface area contributed by atoms with Crippen LogP contribution in [0, 0.1) is 0 Å². The molecule has 186 valence electrons. The van der Waals surface area contributed by atoms with Crippen molar-refractivity contribution in [3.63, 3.8) is 0 Å². The number of nitrogens with zero attached hydrogens (tertiary/aromatic N) is 3. The first-order valence-electron chi connectivity index (χ1n) is 11.3. The van der Waals surface area contributed by atoms with Gasteiger partial charge in [0.05, 0.1) is 33.1 Å². The molecule has 8 nitrogen and oxygen atoms in total. The summed E-state index contributed by atoms with van der Waals surface area (Å²) in [6.07, 6.45) is 5.26. The van der Waals surface area contributed by atoms with E-state index in [0.717, 1.165) is 55.4 Å². The Morgan fingerprint density at radius 3 is 2.54 bits per heavy atom. The molecule has 1 aromatic heterocycles. The number of benzene rings is 2. The van der Waals surface area contributed by atoms with Crippen LogP contribution >= 0.6 is 12.4 Å². The first kappa shape index (κ1) is 26.3. The number of para-hydroxylation sites is 1. The second-order valence-corrected chi connectivity index (χ2v) is 7.86. The summed E-state index contributed by atoms with van der Waals surface area (Å²) in [7, 11) is 3.21. The maximum atomic E-state index is 12.5. The summed E-state index contributed by atoms with van der Waals surface area (Å²) >= 11 is 0. The van der Waals surface area contributed by atoms with Crippen molar-refractivity contribution in [3.05, 3.63) is 66.4 Å². The van der Waals surface area contributed by atoms with Crippen molar-refractivity contribution in [2.24, 2.45) is 0 Å². The van der Waals surface area contributed by atoms with Crippen molar-refractivity contribution >= 4 is 24.4 Å². The third-order valence-corrected chi connectivity index (χ3v) is 5.67. The quantitative estimate of drug-likeness (QED) is 0.455. The maximum Gasteiger partial charge on any atom is 0.244 e. The Bertz CT molecular complexity index is 1130. The average Bonchev–Trinajstić information content (AvgIpc) is 3.32. The van der Waals surface area contributed by atoms with E-state index in [9.17, 15) is 4.79 Å². The van der Waals surface area contributed by atoms with Gasteiger partial charge in [-0.25, -0.2) is 4.68 Å². The number of ether oxygens (including phenoxy) is 3. The molecule has 1 aliphatic rings. The van der Waals surface area contributed by atoms with Gasteiger partial charge < -0.3 is 19.5 Å². The van der Waals surface area contributed by atoms with Crippen molar-refractivity contribution in [1.82, 2.24) is 20.0 Å². The summed E-state index contributed by atoms with van der Waals surface area (Å²) < 4.78 is 18.0. The number of hydrogen-bond donors (Lipinski definition) is 1. The molecule has 0 atom stereocenters. The smallest absolute Gasteiger partial charge is 0.244 e. The van der Waals surface area contributed by atoms with Crippen LogP contribution in [0.4, 0.5) is 0 Å². The number of halogens is 1. The molecule has 1 aliphatic heterocycles. The summed E-state index contributed by atoms with van der Waals surface area (Å²) in [6, 6.07) is 15.5. The minimum atomic E-state index is -0.140. The summed E-state index contributed by atoms with van der Waals surface area (Å²) in [5.74, 6) is 1.12. The first-order valence-corrected chi connectivity index (χ1v) is 11.3. The van der Waals surface area contributed by atoms with Crippen LogP contribution in [0.25, 0.3) is 23.0 Å². The summed E-state index contributed by atoms with van der Waals surface area (Å²) in [5.41, 5.74) is 3.35. The number of methoxy groups -OCH3 is 2. The molecule has 4 rings (SSSR count). The first-order chi connectivity index (χ1) is 16.7. The Morgan fingerprint density at radius 1 is 1.09 bits per heavy atom. The van der Waals surface area contributed by atoms with Crippen LogP contribution in [-0.2, 0) is 9.53 Å². The van der Waals surface area contributed by atoms with E-state index in [0.29, 0.717) is 18.0 Å². The normalized spacial score (nSPS) is 13.9. The number of carbonyl (C=O) groups excluding carboxylic acids is 1. The van der Waals surface area contributed by atoms with Gasteiger partial charge in [0.15, 0.2) is 11.5 Å². The minimum absolute atomic E-state index is 0. The summed E-state index contributed by atoms with van der Waals surface area (Å²) in [4.78, 5) is 14.7. The molecule has 1 saturated heterocycles. The van der Waals surface area contributed by atoms with Gasteiger partial charge in [0, 0.05) is 49.6 Å². The molecule has 3 aromatic rings. The molecule has 9 heteroatoms. The van der Waals surface area contributed by atoms with Crippen molar-refractivity contribution in [1.29, 1.82) is 0 Å². The second-order valence-electron chi connectivity index (χ2n) is 7.86. The van der Waals surface area contributed by atoms with E-state index in [4.69, 9.17) is 19.3 Å². The third-order valence-electron chi connectivity index (χ3n) is 5.67. The number of carbonyl (C=O) groups is 1. The highest BCUT2D eigenvalue weighted by atomic mass is 35.5. The molecule has 1 N–H and O–H groups in total. The monoisotopic (exact) mass is 498 g/mol. The van der Waals surface area contributed by atoms with Gasteiger partial charge in [0.25, 0.3) is 0 Å². The zero-order chi connectivity index (χ0) is 23.8. The second kappa shape index (κ2) is 12.9. The van der Waals surface area contributed by atoms with E-state index in [1.807, 2.05) is 59.4 Å². The molecule has 35 heavy (non-hydrogen) atoms. The number of aromatic nitrogens is 2. The number of morpholine rings is 1. The Morgan fingerprint density at radius 2 is 1.83 bits per heavy atom. The fraction of sp³-hybridized carbons (Fsp3) is 0.308.